The molecule has 0 radical (unpaired) electrons. The molecular formula is C38H20N2. The zero-order valence-corrected chi connectivity index (χ0v) is 21.4. The summed E-state index contributed by atoms with van der Waals surface area (Å²) in [6, 6.07) is 45.4. The molecule has 0 spiro atoms. The number of fused-ring (bicyclic) bond motifs is 14. The van der Waals surface area contributed by atoms with Gasteiger partial charge in [-0.05, 0) is 57.9 Å². The fraction of sp³-hybridized carbons (Fsp3) is 0. The molecule has 182 valence electrons. The van der Waals surface area contributed by atoms with Gasteiger partial charge in [0.2, 0.25) is 0 Å². The average Bonchev–Trinajstić information content (AvgIpc) is 3.71. The summed E-state index contributed by atoms with van der Waals surface area (Å²) >= 11 is 0. The van der Waals surface area contributed by atoms with Gasteiger partial charge in [-0.2, -0.15) is 0 Å². The van der Waals surface area contributed by atoms with E-state index < -0.39 is 0 Å². The van der Waals surface area contributed by atoms with E-state index in [1.54, 1.807) is 0 Å². The van der Waals surface area contributed by atoms with Gasteiger partial charge in [0.05, 0.1) is 33.1 Å². The summed E-state index contributed by atoms with van der Waals surface area (Å²) in [5.74, 6) is 0. The van der Waals surface area contributed by atoms with Gasteiger partial charge in [0, 0.05) is 43.1 Å². The zero-order chi connectivity index (χ0) is 25.7. The fourth-order valence-corrected chi connectivity index (χ4v) is 7.82. The molecule has 0 bridgehead atoms. The summed E-state index contributed by atoms with van der Waals surface area (Å²) in [7, 11) is 0. The van der Waals surface area contributed by atoms with Crippen molar-refractivity contribution in [3.63, 3.8) is 0 Å². The Bertz CT molecular complexity index is 2670. The lowest BCUT2D eigenvalue weighted by Crippen LogP contribution is -1.84. The molecule has 0 aliphatic heterocycles. The highest BCUT2D eigenvalue weighted by atomic mass is 14.9. The van der Waals surface area contributed by atoms with Crippen LogP contribution in [0.1, 0.15) is 0 Å². The molecule has 0 amide bonds. The standard InChI is InChI=1S/C38H20N2/c1-3-9-23-17-33-29(15-21(23)7-1)25-11-5-13-27-31-19-32-28-14-6-12-26-30-16-22-8-2-4-10-24(22)18-34(30)40(38(26)28)36(32)20-35(31)39(33)37(25)27/h1-20H. The molecule has 0 saturated heterocycles. The van der Waals surface area contributed by atoms with E-state index in [1.807, 2.05) is 0 Å². The number of rotatable bonds is 0. The van der Waals surface area contributed by atoms with Gasteiger partial charge in [0.1, 0.15) is 0 Å². The lowest BCUT2D eigenvalue weighted by molar-refractivity contribution is 1.35. The maximum absolute atomic E-state index is 2.52. The van der Waals surface area contributed by atoms with Crippen molar-refractivity contribution >= 4 is 97.7 Å². The van der Waals surface area contributed by atoms with Gasteiger partial charge in [-0.3, -0.25) is 0 Å². The van der Waals surface area contributed by atoms with Crippen molar-refractivity contribution in [2.45, 2.75) is 0 Å². The van der Waals surface area contributed by atoms with E-state index >= 15 is 0 Å². The van der Waals surface area contributed by atoms with Crippen molar-refractivity contribution in [2.24, 2.45) is 0 Å². The van der Waals surface area contributed by atoms with E-state index in [-0.39, 0.29) is 0 Å². The molecule has 11 aromatic rings. The predicted octanol–water partition coefficient (Wildman–Crippen LogP) is 10.3. The molecule has 40 heavy (non-hydrogen) atoms. The third-order valence-corrected chi connectivity index (χ3v) is 9.49. The second-order valence-electron chi connectivity index (χ2n) is 11.4. The van der Waals surface area contributed by atoms with Crippen LogP contribution in [0.3, 0.4) is 0 Å². The highest BCUT2D eigenvalue weighted by Crippen LogP contribution is 2.45. The highest BCUT2D eigenvalue weighted by Gasteiger charge is 2.22. The summed E-state index contributed by atoms with van der Waals surface area (Å²) in [6.07, 6.45) is 0. The molecule has 7 aromatic carbocycles. The van der Waals surface area contributed by atoms with Gasteiger partial charge < -0.3 is 8.80 Å². The quantitative estimate of drug-likeness (QED) is 0.194. The number of benzene rings is 7. The first kappa shape index (κ1) is 19.7. The number of hydrogen-bond acceptors (Lipinski definition) is 0. The summed E-state index contributed by atoms with van der Waals surface area (Å²) in [5, 5.41) is 15.8. The Morgan fingerprint density at radius 1 is 0.275 bits per heavy atom. The molecule has 0 N–H and O–H groups in total. The Morgan fingerprint density at radius 3 is 1.05 bits per heavy atom. The van der Waals surface area contributed by atoms with E-state index in [1.165, 1.54) is 97.7 Å². The normalized spacial score (nSPS) is 13.0. The Kier molecular flexibility index (Phi) is 3.17. The molecule has 0 fully saturated rings. The maximum atomic E-state index is 2.52. The first-order chi connectivity index (χ1) is 19.8. The van der Waals surface area contributed by atoms with Crippen LogP contribution in [0, 0.1) is 0 Å². The molecule has 0 saturated carbocycles. The van der Waals surface area contributed by atoms with Crippen LogP contribution in [0.4, 0.5) is 0 Å². The van der Waals surface area contributed by atoms with E-state index in [0.717, 1.165) is 0 Å². The molecule has 4 aromatic heterocycles. The van der Waals surface area contributed by atoms with E-state index in [9.17, 15) is 0 Å². The Morgan fingerprint density at radius 2 is 0.625 bits per heavy atom. The SMILES string of the molecule is c1ccc2cc3c(cc2c1)c1cccc2c4cc5c6cccc7c8cc9ccccc9cc8n(c5cc4n3c12)c76. The minimum atomic E-state index is 1.28. The van der Waals surface area contributed by atoms with Crippen LogP contribution < -0.4 is 0 Å². The Labute approximate surface area is 227 Å². The third kappa shape index (κ3) is 2.11. The Hall–Kier alpha value is -5.34. The average molecular weight is 505 g/mol. The molecule has 2 heteroatoms. The molecule has 4 heterocycles. The highest BCUT2D eigenvalue weighted by molar-refractivity contribution is 6.30. The first-order valence-corrected chi connectivity index (χ1v) is 13.9. The maximum Gasteiger partial charge on any atom is 0.0620 e. The molecule has 0 aliphatic rings. The van der Waals surface area contributed by atoms with Crippen LogP contribution in [0.5, 0.6) is 0 Å². The summed E-state index contributed by atoms with van der Waals surface area (Å²) in [5.41, 5.74) is 7.77. The van der Waals surface area contributed by atoms with Gasteiger partial charge in [0.15, 0.2) is 0 Å². The first-order valence-electron chi connectivity index (χ1n) is 13.9. The second-order valence-corrected chi connectivity index (χ2v) is 11.4. The lowest BCUT2D eigenvalue weighted by atomic mass is 10.0. The van der Waals surface area contributed by atoms with Crippen LogP contribution in [-0.4, -0.2) is 8.80 Å². The van der Waals surface area contributed by atoms with E-state index in [0.29, 0.717) is 0 Å². The molecule has 0 aliphatic carbocycles. The molecule has 0 atom stereocenters. The van der Waals surface area contributed by atoms with Crippen LogP contribution in [0.2, 0.25) is 0 Å². The van der Waals surface area contributed by atoms with Crippen molar-refractivity contribution in [3.8, 4) is 0 Å². The number of hydrogen-bond donors (Lipinski definition) is 0. The van der Waals surface area contributed by atoms with Crippen molar-refractivity contribution in [2.75, 3.05) is 0 Å². The van der Waals surface area contributed by atoms with Crippen LogP contribution in [0.25, 0.3) is 97.7 Å². The molecule has 11 rings (SSSR count). The van der Waals surface area contributed by atoms with Crippen LogP contribution in [0.15, 0.2) is 121 Å². The number of aromatic nitrogens is 2. The van der Waals surface area contributed by atoms with Crippen molar-refractivity contribution < 1.29 is 0 Å². The second kappa shape index (κ2) is 6.44. The van der Waals surface area contributed by atoms with Crippen molar-refractivity contribution in [1.29, 1.82) is 0 Å². The van der Waals surface area contributed by atoms with Gasteiger partial charge in [-0.25, -0.2) is 0 Å². The van der Waals surface area contributed by atoms with Gasteiger partial charge in [-0.15, -0.1) is 0 Å². The van der Waals surface area contributed by atoms with Gasteiger partial charge in [0.25, 0.3) is 0 Å². The van der Waals surface area contributed by atoms with Crippen LogP contribution in [-0.2, 0) is 0 Å². The van der Waals surface area contributed by atoms with Gasteiger partial charge in [-0.1, -0.05) is 84.9 Å². The van der Waals surface area contributed by atoms with E-state index in [4.69, 9.17) is 0 Å². The topological polar surface area (TPSA) is 8.82 Å². The monoisotopic (exact) mass is 504 g/mol. The Balaban J connectivity index is 1.41. The summed E-state index contributed by atoms with van der Waals surface area (Å²) < 4.78 is 5.03. The predicted molar refractivity (Wildman–Crippen MR) is 171 cm³/mol. The third-order valence-electron chi connectivity index (χ3n) is 9.49. The van der Waals surface area contributed by atoms with Gasteiger partial charge >= 0.3 is 0 Å². The molecule has 0 unspecified atom stereocenters. The molecular weight excluding hydrogens is 484 g/mol. The lowest BCUT2D eigenvalue weighted by Gasteiger charge is -2.04. The van der Waals surface area contributed by atoms with Crippen LogP contribution >= 0.6 is 0 Å². The summed E-state index contributed by atoms with van der Waals surface area (Å²) in [6.45, 7) is 0. The number of para-hydroxylation sites is 2. The number of nitrogens with zero attached hydrogens (tertiary/aromatic N) is 2. The molecule has 2 nitrogen and oxygen atoms in total. The minimum Gasteiger partial charge on any atom is -0.308 e. The van der Waals surface area contributed by atoms with Crippen molar-refractivity contribution in [1.82, 2.24) is 8.80 Å². The smallest absolute Gasteiger partial charge is 0.0620 e. The van der Waals surface area contributed by atoms with E-state index in [2.05, 4.69) is 130 Å². The largest absolute Gasteiger partial charge is 0.308 e. The minimum absolute atomic E-state index is 1.28. The summed E-state index contributed by atoms with van der Waals surface area (Å²) in [4.78, 5) is 0. The van der Waals surface area contributed by atoms with Crippen molar-refractivity contribution in [3.05, 3.63) is 121 Å². The fourth-order valence-electron chi connectivity index (χ4n) is 7.82. The zero-order valence-electron chi connectivity index (χ0n) is 21.4.